The molecular weight excluding hydrogens is 252 g/mol. The quantitative estimate of drug-likeness (QED) is 0.590. The van der Waals surface area contributed by atoms with Gasteiger partial charge >= 0.3 is 0 Å². The van der Waals surface area contributed by atoms with Gasteiger partial charge in [-0.2, -0.15) is 0 Å². The van der Waals surface area contributed by atoms with Gasteiger partial charge in [0.2, 0.25) is 0 Å². The van der Waals surface area contributed by atoms with Crippen molar-refractivity contribution in [3.63, 3.8) is 0 Å². The summed E-state index contributed by atoms with van der Waals surface area (Å²) in [6, 6.07) is 0. The van der Waals surface area contributed by atoms with E-state index in [9.17, 15) is 0 Å². The summed E-state index contributed by atoms with van der Waals surface area (Å²) in [5.74, 6) is 1.65. The van der Waals surface area contributed by atoms with Gasteiger partial charge < -0.3 is 20.3 Å². The number of methoxy groups -OCH3 is 1. The van der Waals surface area contributed by atoms with Crippen molar-refractivity contribution < 1.29 is 4.74 Å². The number of piperidine rings is 1. The molecule has 1 heterocycles. The summed E-state index contributed by atoms with van der Waals surface area (Å²) >= 11 is 0. The fourth-order valence-electron chi connectivity index (χ4n) is 2.41. The Bertz CT molecular complexity index is 291. The molecule has 0 atom stereocenters. The minimum atomic E-state index is 0.0470. The van der Waals surface area contributed by atoms with E-state index < -0.39 is 0 Å². The van der Waals surface area contributed by atoms with Crippen LogP contribution in [0.15, 0.2) is 4.99 Å². The average Bonchev–Trinajstić information content (AvgIpc) is 2.41. The van der Waals surface area contributed by atoms with Gasteiger partial charge in [0.05, 0.1) is 6.61 Å². The smallest absolute Gasteiger partial charge is 0.191 e. The number of ether oxygens (including phenoxy) is 1. The van der Waals surface area contributed by atoms with Crippen LogP contribution < -0.4 is 10.6 Å². The van der Waals surface area contributed by atoms with Crippen LogP contribution in [0.1, 0.15) is 33.6 Å². The highest BCUT2D eigenvalue weighted by Crippen LogP contribution is 2.15. The standard InChI is InChI=1S/C15H32N4O/c1-15(2,3)18-14(16-4)17-12-13-6-8-19(9-7-13)10-11-20-5/h13H,6-12H2,1-5H3,(H2,16,17,18). The number of hydrogen-bond donors (Lipinski definition) is 2. The van der Waals surface area contributed by atoms with Crippen LogP contribution >= 0.6 is 0 Å². The molecule has 0 amide bonds. The summed E-state index contributed by atoms with van der Waals surface area (Å²) in [5, 5.41) is 6.84. The monoisotopic (exact) mass is 284 g/mol. The van der Waals surface area contributed by atoms with Crippen molar-refractivity contribution in [2.75, 3.05) is 46.9 Å². The van der Waals surface area contributed by atoms with Crippen LogP contribution in [0.4, 0.5) is 0 Å². The Hall–Kier alpha value is -0.810. The van der Waals surface area contributed by atoms with Gasteiger partial charge in [-0.15, -0.1) is 0 Å². The van der Waals surface area contributed by atoms with E-state index >= 15 is 0 Å². The Kier molecular flexibility index (Phi) is 7.30. The number of nitrogens with one attached hydrogen (secondary N) is 2. The van der Waals surface area contributed by atoms with Crippen molar-refractivity contribution in [2.24, 2.45) is 10.9 Å². The second kappa shape index (κ2) is 8.47. The van der Waals surface area contributed by atoms with Gasteiger partial charge in [-0.3, -0.25) is 4.99 Å². The van der Waals surface area contributed by atoms with Crippen LogP contribution in [-0.4, -0.2) is 63.3 Å². The maximum atomic E-state index is 5.13. The number of likely N-dealkylation sites (tertiary alicyclic amines) is 1. The molecule has 0 radical (unpaired) electrons. The van der Waals surface area contributed by atoms with Crippen LogP contribution in [0.25, 0.3) is 0 Å². The van der Waals surface area contributed by atoms with Crippen LogP contribution in [0.2, 0.25) is 0 Å². The summed E-state index contributed by atoms with van der Waals surface area (Å²) in [7, 11) is 3.60. The Morgan fingerprint density at radius 2 is 1.95 bits per heavy atom. The highest BCUT2D eigenvalue weighted by atomic mass is 16.5. The second-order valence-corrected chi connectivity index (χ2v) is 6.61. The summed E-state index contributed by atoms with van der Waals surface area (Å²) in [5.41, 5.74) is 0.0470. The van der Waals surface area contributed by atoms with Crippen molar-refractivity contribution in [3.8, 4) is 0 Å². The molecule has 0 aliphatic carbocycles. The molecule has 5 nitrogen and oxygen atoms in total. The minimum Gasteiger partial charge on any atom is -0.383 e. The van der Waals surface area contributed by atoms with Crippen molar-refractivity contribution in [3.05, 3.63) is 0 Å². The van der Waals surface area contributed by atoms with E-state index in [4.69, 9.17) is 4.74 Å². The molecular formula is C15H32N4O. The van der Waals surface area contributed by atoms with Crippen LogP contribution in [-0.2, 0) is 4.74 Å². The number of guanidine groups is 1. The largest absolute Gasteiger partial charge is 0.383 e. The summed E-state index contributed by atoms with van der Waals surface area (Å²) in [4.78, 5) is 6.77. The van der Waals surface area contributed by atoms with Crippen molar-refractivity contribution in [2.45, 2.75) is 39.2 Å². The molecule has 0 aromatic heterocycles. The van der Waals surface area contributed by atoms with Gasteiger partial charge in [-0.25, -0.2) is 0 Å². The lowest BCUT2D eigenvalue weighted by molar-refractivity contribution is 0.120. The molecule has 0 bridgehead atoms. The minimum absolute atomic E-state index is 0.0470. The Morgan fingerprint density at radius 3 is 2.45 bits per heavy atom. The zero-order valence-electron chi connectivity index (χ0n) is 13.8. The van der Waals surface area contributed by atoms with E-state index in [1.165, 1.54) is 25.9 Å². The predicted octanol–water partition coefficient (Wildman–Crippen LogP) is 1.31. The molecule has 5 heteroatoms. The van der Waals surface area contributed by atoms with Crippen molar-refractivity contribution >= 4 is 5.96 Å². The zero-order valence-corrected chi connectivity index (χ0v) is 13.8. The van der Waals surface area contributed by atoms with E-state index in [1.54, 1.807) is 7.11 Å². The average molecular weight is 284 g/mol. The van der Waals surface area contributed by atoms with Gasteiger partial charge in [0, 0.05) is 32.8 Å². The van der Waals surface area contributed by atoms with Gasteiger partial charge in [-0.1, -0.05) is 0 Å². The summed E-state index contributed by atoms with van der Waals surface area (Å²) in [6.07, 6.45) is 2.51. The fraction of sp³-hybridized carbons (Fsp3) is 0.933. The molecule has 1 rings (SSSR count). The lowest BCUT2D eigenvalue weighted by Crippen LogP contribution is -2.49. The third-order valence-corrected chi connectivity index (χ3v) is 3.59. The van der Waals surface area contributed by atoms with Gasteiger partial charge in [0.15, 0.2) is 5.96 Å². The third kappa shape index (κ3) is 7.10. The van der Waals surface area contributed by atoms with Crippen LogP contribution in [0.3, 0.4) is 0 Å². The Labute approximate surface area is 124 Å². The molecule has 1 aliphatic rings. The first kappa shape index (κ1) is 17.2. The normalized spacial score (nSPS) is 19.1. The SMILES string of the molecule is CN=C(NCC1CCN(CCOC)CC1)NC(C)(C)C. The first-order chi connectivity index (χ1) is 9.44. The molecule has 1 aliphatic heterocycles. The fourth-order valence-corrected chi connectivity index (χ4v) is 2.41. The molecule has 1 saturated heterocycles. The number of hydrogen-bond acceptors (Lipinski definition) is 3. The molecule has 0 saturated carbocycles. The maximum absolute atomic E-state index is 5.13. The molecule has 0 unspecified atom stereocenters. The molecule has 0 spiro atoms. The van der Waals surface area contributed by atoms with E-state index in [0.29, 0.717) is 0 Å². The number of rotatable bonds is 5. The Morgan fingerprint density at radius 1 is 1.30 bits per heavy atom. The molecule has 20 heavy (non-hydrogen) atoms. The van der Waals surface area contributed by atoms with E-state index in [2.05, 4.69) is 41.3 Å². The van der Waals surface area contributed by atoms with E-state index in [0.717, 1.165) is 31.6 Å². The number of nitrogens with zero attached hydrogens (tertiary/aromatic N) is 2. The first-order valence-corrected chi connectivity index (χ1v) is 7.64. The lowest BCUT2D eigenvalue weighted by Gasteiger charge is -2.32. The number of aliphatic imine (C=N–C) groups is 1. The molecule has 118 valence electrons. The highest BCUT2D eigenvalue weighted by Gasteiger charge is 2.19. The van der Waals surface area contributed by atoms with Gasteiger partial charge in [-0.05, 0) is 52.6 Å². The molecule has 2 N–H and O–H groups in total. The summed E-state index contributed by atoms with van der Waals surface area (Å²) < 4.78 is 5.13. The topological polar surface area (TPSA) is 48.9 Å². The molecule has 0 aromatic carbocycles. The maximum Gasteiger partial charge on any atom is 0.191 e. The summed E-state index contributed by atoms with van der Waals surface area (Å²) in [6.45, 7) is 11.7. The van der Waals surface area contributed by atoms with Gasteiger partial charge in [0.1, 0.15) is 0 Å². The van der Waals surface area contributed by atoms with Crippen LogP contribution in [0, 0.1) is 5.92 Å². The Balaban J connectivity index is 2.23. The first-order valence-electron chi connectivity index (χ1n) is 7.64. The van der Waals surface area contributed by atoms with Gasteiger partial charge in [0.25, 0.3) is 0 Å². The third-order valence-electron chi connectivity index (χ3n) is 3.59. The van der Waals surface area contributed by atoms with Crippen LogP contribution in [0.5, 0.6) is 0 Å². The predicted molar refractivity (Wildman–Crippen MR) is 85.3 cm³/mol. The molecule has 1 fully saturated rings. The molecule has 0 aromatic rings. The van der Waals surface area contributed by atoms with E-state index in [-0.39, 0.29) is 5.54 Å². The van der Waals surface area contributed by atoms with Crippen molar-refractivity contribution in [1.29, 1.82) is 0 Å². The van der Waals surface area contributed by atoms with Crippen molar-refractivity contribution in [1.82, 2.24) is 15.5 Å². The highest BCUT2D eigenvalue weighted by molar-refractivity contribution is 5.80. The lowest BCUT2D eigenvalue weighted by atomic mass is 9.97. The zero-order chi connectivity index (χ0) is 15.0. The second-order valence-electron chi connectivity index (χ2n) is 6.61. The van der Waals surface area contributed by atoms with E-state index in [1.807, 2.05) is 7.05 Å².